The second kappa shape index (κ2) is 10.1. The lowest BCUT2D eigenvalue weighted by Gasteiger charge is -2.35. The number of nitrogens with two attached hydrogens (primary N) is 1. The van der Waals surface area contributed by atoms with Gasteiger partial charge in [-0.1, -0.05) is 0 Å². The molecular weight excluding hydrogens is 441 g/mol. The zero-order chi connectivity index (χ0) is 17.5. The summed E-state index contributed by atoms with van der Waals surface area (Å²) in [5.74, 6) is 0.830. The highest BCUT2D eigenvalue weighted by molar-refractivity contribution is 14.0. The van der Waals surface area contributed by atoms with Crippen LogP contribution in [0.2, 0.25) is 0 Å². The second-order valence-electron chi connectivity index (χ2n) is 5.20. The van der Waals surface area contributed by atoms with E-state index in [4.69, 9.17) is 14.9 Å². The summed E-state index contributed by atoms with van der Waals surface area (Å²) in [6.07, 6.45) is -0.283. The minimum atomic E-state index is -0.597. The fraction of sp³-hybridized carbons (Fsp3) is 0.533. The Morgan fingerprint density at radius 2 is 1.92 bits per heavy atom. The molecule has 3 N–H and O–H groups in total. The van der Waals surface area contributed by atoms with Crippen LogP contribution in [0.15, 0.2) is 21.5 Å². The van der Waals surface area contributed by atoms with E-state index in [0.29, 0.717) is 51.1 Å². The number of piperazine rings is 1. The molecule has 0 aliphatic carbocycles. The van der Waals surface area contributed by atoms with Gasteiger partial charge in [-0.25, -0.2) is 4.79 Å². The summed E-state index contributed by atoms with van der Waals surface area (Å²) in [6.45, 7) is 5.01. The van der Waals surface area contributed by atoms with E-state index in [-0.39, 0.29) is 35.8 Å². The van der Waals surface area contributed by atoms with E-state index in [2.05, 4.69) is 10.3 Å². The highest BCUT2D eigenvalue weighted by atomic mass is 127. The Morgan fingerprint density at radius 3 is 2.44 bits per heavy atom. The van der Waals surface area contributed by atoms with Crippen LogP contribution in [0, 0.1) is 0 Å². The number of guanidine groups is 1. The van der Waals surface area contributed by atoms with E-state index < -0.39 is 5.91 Å². The monoisotopic (exact) mass is 465 g/mol. The quantitative estimate of drug-likeness (QED) is 0.387. The van der Waals surface area contributed by atoms with Crippen LogP contribution in [0.5, 0.6) is 0 Å². The zero-order valence-corrected chi connectivity index (χ0v) is 16.7. The van der Waals surface area contributed by atoms with Gasteiger partial charge in [-0.05, 0) is 19.1 Å². The number of amides is 2. The molecule has 0 radical (unpaired) electrons. The lowest BCUT2D eigenvalue weighted by molar-refractivity contribution is 0.0913. The third-order valence-electron chi connectivity index (χ3n) is 3.64. The lowest BCUT2D eigenvalue weighted by Crippen LogP contribution is -2.53. The highest BCUT2D eigenvalue weighted by Crippen LogP contribution is 2.08. The van der Waals surface area contributed by atoms with Gasteiger partial charge in [0.25, 0.3) is 5.91 Å². The topological polar surface area (TPSA) is 113 Å². The largest absolute Gasteiger partial charge is 0.454 e. The zero-order valence-electron chi connectivity index (χ0n) is 14.4. The van der Waals surface area contributed by atoms with Crippen molar-refractivity contribution in [2.45, 2.75) is 13.5 Å². The van der Waals surface area contributed by atoms with E-state index in [1.807, 2.05) is 4.90 Å². The summed E-state index contributed by atoms with van der Waals surface area (Å²) in [5, 5.41) is 3.17. The number of furan rings is 1. The smallest absolute Gasteiger partial charge is 0.409 e. The Bertz CT molecular complexity index is 611. The molecule has 2 amide bonds. The minimum Gasteiger partial charge on any atom is -0.454 e. The Labute approximate surface area is 163 Å². The molecule has 0 unspecified atom stereocenters. The maximum atomic E-state index is 11.7. The van der Waals surface area contributed by atoms with Gasteiger partial charge in [0.1, 0.15) is 5.76 Å². The maximum absolute atomic E-state index is 11.7. The van der Waals surface area contributed by atoms with Gasteiger partial charge >= 0.3 is 6.09 Å². The Balaban J connectivity index is 0.00000312. The molecule has 2 heterocycles. The molecule has 1 aromatic rings. The second-order valence-corrected chi connectivity index (χ2v) is 5.20. The van der Waals surface area contributed by atoms with Gasteiger partial charge in [0.15, 0.2) is 11.7 Å². The summed E-state index contributed by atoms with van der Waals surface area (Å²) < 4.78 is 10.3. The van der Waals surface area contributed by atoms with E-state index in [0.717, 1.165) is 0 Å². The number of halogens is 1. The molecule has 1 aliphatic rings. The first-order valence-electron chi connectivity index (χ1n) is 7.81. The Morgan fingerprint density at radius 1 is 1.28 bits per heavy atom. The molecule has 0 spiro atoms. The number of carbonyl (C=O) groups excluding carboxylic acids is 2. The van der Waals surface area contributed by atoms with Crippen molar-refractivity contribution in [2.75, 3.05) is 39.8 Å². The first-order valence-corrected chi connectivity index (χ1v) is 7.81. The van der Waals surface area contributed by atoms with Gasteiger partial charge in [0, 0.05) is 33.2 Å². The van der Waals surface area contributed by atoms with Crippen LogP contribution in [-0.2, 0) is 11.3 Å². The molecule has 1 fully saturated rings. The van der Waals surface area contributed by atoms with Crippen molar-refractivity contribution in [3.63, 3.8) is 0 Å². The molecule has 0 saturated carbocycles. The first-order chi connectivity index (χ1) is 11.5. The first kappa shape index (κ1) is 21.1. The third-order valence-corrected chi connectivity index (χ3v) is 3.64. The summed E-state index contributed by atoms with van der Waals surface area (Å²) in [5.41, 5.74) is 5.16. The van der Waals surface area contributed by atoms with Crippen molar-refractivity contribution in [1.82, 2.24) is 15.1 Å². The van der Waals surface area contributed by atoms with Crippen LogP contribution in [0.25, 0.3) is 0 Å². The van der Waals surface area contributed by atoms with Crippen LogP contribution in [-0.4, -0.2) is 67.6 Å². The molecule has 0 aromatic carbocycles. The van der Waals surface area contributed by atoms with Crippen LogP contribution in [0.1, 0.15) is 23.2 Å². The number of rotatable bonds is 4. The predicted octanol–water partition coefficient (Wildman–Crippen LogP) is 0.846. The molecule has 1 saturated heterocycles. The van der Waals surface area contributed by atoms with Crippen LogP contribution < -0.4 is 11.1 Å². The number of carbonyl (C=O) groups is 2. The molecule has 1 aliphatic heterocycles. The molecule has 25 heavy (non-hydrogen) atoms. The standard InChI is InChI=1S/C15H23N5O4.HI/c1-3-23-15(22)20-8-6-19(7-9-20)14(17-2)18-10-11-4-5-12(24-11)13(16)21;/h4-5H,3,6-10H2,1-2H3,(H2,16,21)(H,17,18);1H. The van der Waals surface area contributed by atoms with Crippen molar-refractivity contribution in [2.24, 2.45) is 10.7 Å². The lowest BCUT2D eigenvalue weighted by atomic mass is 10.3. The fourth-order valence-corrected chi connectivity index (χ4v) is 2.42. The summed E-state index contributed by atoms with van der Waals surface area (Å²) in [7, 11) is 1.69. The Hall–Kier alpha value is -1.98. The average molecular weight is 465 g/mol. The Kier molecular flexibility index (Phi) is 8.52. The number of ether oxygens (including phenoxy) is 1. The number of hydrogen-bond acceptors (Lipinski definition) is 5. The average Bonchev–Trinajstić information content (AvgIpc) is 3.05. The molecule has 0 atom stereocenters. The van der Waals surface area contributed by atoms with E-state index in [1.54, 1.807) is 31.0 Å². The van der Waals surface area contributed by atoms with Gasteiger partial charge in [-0.15, -0.1) is 24.0 Å². The van der Waals surface area contributed by atoms with Crippen molar-refractivity contribution in [3.05, 3.63) is 23.7 Å². The van der Waals surface area contributed by atoms with Crippen molar-refractivity contribution >= 4 is 41.9 Å². The molecule has 0 bridgehead atoms. The highest BCUT2D eigenvalue weighted by Gasteiger charge is 2.23. The normalized spacial score (nSPS) is 14.7. The summed E-state index contributed by atoms with van der Waals surface area (Å²) in [4.78, 5) is 30.7. The van der Waals surface area contributed by atoms with Gasteiger partial charge in [0.05, 0.1) is 13.2 Å². The molecule has 1 aromatic heterocycles. The van der Waals surface area contributed by atoms with Crippen molar-refractivity contribution < 1.29 is 18.7 Å². The molecule has 140 valence electrons. The van der Waals surface area contributed by atoms with E-state index >= 15 is 0 Å². The van der Waals surface area contributed by atoms with Crippen molar-refractivity contribution in [3.8, 4) is 0 Å². The van der Waals surface area contributed by atoms with Gasteiger partial charge in [-0.2, -0.15) is 0 Å². The van der Waals surface area contributed by atoms with Crippen LogP contribution >= 0.6 is 24.0 Å². The van der Waals surface area contributed by atoms with Gasteiger partial charge in [0.2, 0.25) is 0 Å². The fourth-order valence-electron chi connectivity index (χ4n) is 2.42. The maximum Gasteiger partial charge on any atom is 0.409 e. The summed E-state index contributed by atoms with van der Waals surface area (Å²) >= 11 is 0. The molecule has 10 heteroatoms. The number of nitrogens with zero attached hydrogens (tertiary/aromatic N) is 3. The number of nitrogens with one attached hydrogen (secondary N) is 1. The van der Waals surface area contributed by atoms with Crippen molar-refractivity contribution in [1.29, 1.82) is 0 Å². The SMILES string of the molecule is CCOC(=O)N1CCN(C(=NC)NCc2ccc(C(N)=O)o2)CC1.I. The number of hydrogen-bond donors (Lipinski definition) is 2. The van der Waals surface area contributed by atoms with Crippen LogP contribution in [0.4, 0.5) is 4.79 Å². The van der Waals surface area contributed by atoms with E-state index in [9.17, 15) is 9.59 Å². The number of aliphatic imine (C=N–C) groups is 1. The molecule has 9 nitrogen and oxygen atoms in total. The molecule has 2 rings (SSSR count). The van der Waals surface area contributed by atoms with Gasteiger partial charge in [-0.3, -0.25) is 9.79 Å². The minimum absolute atomic E-state index is 0. The van der Waals surface area contributed by atoms with E-state index in [1.165, 1.54) is 0 Å². The van der Waals surface area contributed by atoms with Gasteiger partial charge < -0.3 is 30.0 Å². The molecular formula is C15H24IN5O4. The van der Waals surface area contributed by atoms with Crippen LogP contribution in [0.3, 0.4) is 0 Å². The third kappa shape index (κ3) is 5.80. The predicted molar refractivity (Wildman–Crippen MR) is 103 cm³/mol. The summed E-state index contributed by atoms with van der Waals surface area (Å²) in [6, 6.07) is 3.24. The number of primary amides is 1.